The molecule has 0 bridgehead atoms. The average molecular weight is 246 g/mol. The van der Waals surface area contributed by atoms with Gasteiger partial charge in [0.15, 0.2) is 0 Å². The van der Waals surface area contributed by atoms with E-state index in [-0.39, 0.29) is 0 Å². The predicted octanol–water partition coefficient (Wildman–Crippen LogP) is 3.65. The Morgan fingerprint density at radius 2 is 2.12 bits per heavy atom. The Labute approximate surface area is 107 Å². The normalized spacial score (nSPS) is 12.6. The summed E-state index contributed by atoms with van der Waals surface area (Å²) in [6, 6.07) is 8.88. The van der Waals surface area contributed by atoms with Crippen molar-refractivity contribution in [1.82, 2.24) is 10.3 Å². The van der Waals surface area contributed by atoms with E-state index in [9.17, 15) is 0 Å². The monoisotopic (exact) mass is 246 g/mol. The van der Waals surface area contributed by atoms with Crippen LogP contribution < -0.4 is 5.32 Å². The molecule has 0 saturated carbocycles. The zero-order valence-electron chi connectivity index (χ0n) is 10.5. The van der Waals surface area contributed by atoms with Crippen LogP contribution in [-0.2, 0) is 6.42 Å². The van der Waals surface area contributed by atoms with Crippen LogP contribution in [-0.4, -0.2) is 12.0 Å². The van der Waals surface area contributed by atoms with Gasteiger partial charge in [-0.2, -0.15) is 0 Å². The van der Waals surface area contributed by atoms with Crippen LogP contribution in [0.2, 0.25) is 0 Å². The van der Waals surface area contributed by atoms with E-state index in [0.717, 1.165) is 11.4 Å². The summed E-state index contributed by atoms with van der Waals surface area (Å²) in [6.07, 6.45) is 3.03. The number of rotatable bonds is 4. The van der Waals surface area contributed by atoms with E-state index < -0.39 is 0 Å². The fraction of sp³-hybridized carbons (Fsp3) is 0.357. The van der Waals surface area contributed by atoms with Gasteiger partial charge in [0.1, 0.15) is 5.01 Å². The summed E-state index contributed by atoms with van der Waals surface area (Å²) in [5.74, 6) is 0. The molecule has 2 nitrogen and oxygen atoms in total. The Balaban J connectivity index is 2.37. The number of nitrogens with zero attached hydrogens (tertiary/aromatic N) is 1. The molecule has 0 aliphatic carbocycles. The van der Waals surface area contributed by atoms with Crippen LogP contribution in [0.4, 0.5) is 0 Å². The summed E-state index contributed by atoms with van der Waals surface area (Å²) in [5, 5.41) is 4.37. The number of hydrogen-bond donors (Lipinski definition) is 1. The lowest BCUT2D eigenvalue weighted by Gasteiger charge is -2.06. The van der Waals surface area contributed by atoms with Crippen LogP contribution in [0.3, 0.4) is 0 Å². The fourth-order valence-corrected chi connectivity index (χ4v) is 2.83. The number of aryl methyl sites for hydroxylation is 1. The molecule has 90 valence electrons. The summed E-state index contributed by atoms with van der Waals surface area (Å²) in [7, 11) is 1.98. The number of aromatic nitrogens is 1. The van der Waals surface area contributed by atoms with Crippen LogP contribution in [0.5, 0.6) is 0 Å². The number of benzene rings is 1. The van der Waals surface area contributed by atoms with Crippen molar-refractivity contribution in [3.63, 3.8) is 0 Å². The maximum Gasteiger partial charge on any atom is 0.123 e. The molecule has 3 heteroatoms. The third kappa shape index (κ3) is 2.56. The SMILES string of the molecule is CCc1ccccc1-c1ncc(C(C)NC)s1. The van der Waals surface area contributed by atoms with Crippen molar-refractivity contribution >= 4 is 11.3 Å². The highest BCUT2D eigenvalue weighted by atomic mass is 32.1. The summed E-state index contributed by atoms with van der Waals surface area (Å²) in [6.45, 7) is 4.34. The molecule has 2 rings (SSSR count). The second-order valence-corrected chi connectivity index (χ2v) is 5.15. The van der Waals surface area contributed by atoms with Crippen LogP contribution in [0, 0.1) is 0 Å². The van der Waals surface area contributed by atoms with Crippen molar-refractivity contribution in [2.45, 2.75) is 26.3 Å². The summed E-state index contributed by atoms with van der Waals surface area (Å²) in [4.78, 5) is 5.83. The Hall–Kier alpha value is -1.19. The first kappa shape index (κ1) is 12.3. The van der Waals surface area contributed by atoms with Gasteiger partial charge in [-0.25, -0.2) is 4.98 Å². The molecule has 1 N–H and O–H groups in total. The van der Waals surface area contributed by atoms with Crippen molar-refractivity contribution in [3.8, 4) is 10.6 Å². The summed E-state index contributed by atoms with van der Waals surface area (Å²) < 4.78 is 0. The molecule has 17 heavy (non-hydrogen) atoms. The minimum Gasteiger partial charge on any atom is -0.312 e. The van der Waals surface area contributed by atoms with Gasteiger partial charge in [0.25, 0.3) is 0 Å². The van der Waals surface area contributed by atoms with Gasteiger partial charge in [-0.15, -0.1) is 11.3 Å². The average Bonchev–Trinajstić information content (AvgIpc) is 2.87. The molecule has 0 amide bonds. The molecule has 1 aromatic carbocycles. The molecule has 0 radical (unpaired) electrons. The Morgan fingerprint density at radius 1 is 1.35 bits per heavy atom. The third-order valence-electron chi connectivity index (χ3n) is 3.01. The number of thiazole rings is 1. The first-order valence-electron chi connectivity index (χ1n) is 5.97. The molecular formula is C14H18N2S. The van der Waals surface area contributed by atoms with Gasteiger partial charge in [0, 0.05) is 22.7 Å². The second-order valence-electron chi connectivity index (χ2n) is 4.09. The highest BCUT2D eigenvalue weighted by Gasteiger charge is 2.11. The largest absolute Gasteiger partial charge is 0.312 e. The first-order chi connectivity index (χ1) is 8.26. The number of nitrogens with one attached hydrogen (secondary N) is 1. The van der Waals surface area contributed by atoms with Crippen molar-refractivity contribution in [2.24, 2.45) is 0 Å². The molecule has 1 unspecified atom stereocenters. The van der Waals surface area contributed by atoms with Crippen LogP contribution in [0.15, 0.2) is 30.5 Å². The van der Waals surface area contributed by atoms with E-state index in [0.29, 0.717) is 6.04 Å². The minimum absolute atomic E-state index is 0.370. The quantitative estimate of drug-likeness (QED) is 0.890. The molecule has 0 spiro atoms. The Kier molecular flexibility index (Phi) is 3.92. The smallest absolute Gasteiger partial charge is 0.123 e. The van der Waals surface area contributed by atoms with Crippen molar-refractivity contribution in [2.75, 3.05) is 7.05 Å². The standard InChI is InChI=1S/C14H18N2S/c1-4-11-7-5-6-8-12(11)14-16-9-13(17-14)10(2)15-3/h5-10,15H,4H2,1-3H3. The molecule has 0 aliphatic rings. The van der Waals surface area contributed by atoms with Crippen molar-refractivity contribution < 1.29 is 0 Å². The van der Waals surface area contributed by atoms with Gasteiger partial charge in [0.2, 0.25) is 0 Å². The molecule has 1 heterocycles. The minimum atomic E-state index is 0.370. The second kappa shape index (κ2) is 5.43. The topological polar surface area (TPSA) is 24.9 Å². The zero-order valence-corrected chi connectivity index (χ0v) is 11.3. The first-order valence-corrected chi connectivity index (χ1v) is 6.79. The number of hydrogen-bond acceptors (Lipinski definition) is 3. The van der Waals surface area contributed by atoms with Crippen molar-refractivity contribution in [1.29, 1.82) is 0 Å². The molecule has 0 aliphatic heterocycles. The van der Waals surface area contributed by atoms with Crippen LogP contribution >= 0.6 is 11.3 Å². The lowest BCUT2D eigenvalue weighted by Crippen LogP contribution is -2.10. The van der Waals surface area contributed by atoms with E-state index in [2.05, 4.69) is 48.4 Å². The van der Waals surface area contributed by atoms with E-state index >= 15 is 0 Å². The molecule has 1 atom stereocenters. The van der Waals surface area contributed by atoms with Gasteiger partial charge in [-0.1, -0.05) is 31.2 Å². The highest BCUT2D eigenvalue weighted by molar-refractivity contribution is 7.15. The molecular weight excluding hydrogens is 228 g/mol. The lowest BCUT2D eigenvalue weighted by atomic mass is 10.1. The zero-order chi connectivity index (χ0) is 12.3. The van der Waals surface area contributed by atoms with Gasteiger partial charge in [-0.05, 0) is 26.0 Å². The Morgan fingerprint density at radius 3 is 2.82 bits per heavy atom. The van der Waals surface area contributed by atoms with E-state index in [1.807, 2.05) is 13.2 Å². The maximum absolute atomic E-state index is 4.54. The molecule has 1 aromatic heterocycles. The molecule has 0 saturated heterocycles. The fourth-order valence-electron chi connectivity index (χ4n) is 1.79. The maximum atomic E-state index is 4.54. The summed E-state index contributed by atoms with van der Waals surface area (Å²) in [5.41, 5.74) is 2.64. The van der Waals surface area contributed by atoms with Crippen molar-refractivity contribution in [3.05, 3.63) is 40.9 Å². The Bertz CT molecular complexity index is 490. The molecule has 0 fully saturated rings. The summed E-state index contributed by atoms with van der Waals surface area (Å²) >= 11 is 1.77. The van der Waals surface area contributed by atoms with E-state index in [1.54, 1.807) is 11.3 Å². The van der Waals surface area contributed by atoms with Crippen LogP contribution in [0.1, 0.15) is 30.3 Å². The van der Waals surface area contributed by atoms with Crippen LogP contribution in [0.25, 0.3) is 10.6 Å². The van der Waals surface area contributed by atoms with Gasteiger partial charge in [0.05, 0.1) is 0 Å². The van der Waals surface area contributed by atoms with E-state index in [1.165, 1.54) is 16.0 Å². The molecule has 2 aromatic rings. The lowest BCUT2D eigenvalue weighted by molar-refractivity contribution is 0.662. The van der Waals surface area contributed by atoms with Gasteiger partial charge in [-0.3, -0.25) is 0 Å². The van der Waals surface area contributed by atoms with Gasteiger partial charge < -0.3 is 5.32 Å². The highest BCUT2D eigenvalue weighted by Crippen LogP contribution is 2.30. The van der Waals surface area contributed by atoms with E-state index in [4.69, 9.17) is 0 Å². The third-order valence-corrected chi connectivity index (χ3v) is 4.23. The predicted molar refractivity (Wildman–Crippen MR) is 74.4 cm³/mol. The van der Waals surface area contributed by atoms with Gasteiger partial charge >= 0.3 is 0 Å².